The molecule has 1 spiro atoms. The molecule has 4 nitrogen and oxygen atoms in total. The van der Waals surface area contributed by atoms with Crippen LogP contribution < -0.4 is 4.74 Å². The molecule has 0 N–H and O–H groups in total. The molecule has 1 aromatic carbocycles. The number of carbonyl (C=O) groups excluding carboxylic acids is 1. The van der Waals surface area contributed by atoms with Gasteiger partial charge in [-0.25, -0.2) is 9.79 Å². The average molecular weight is 203 g/mol. The van der Waals surface area contributed by atoms with Crippen LogP contribution in [0.1, 0.15) is 5.56 Å². The quantitative estimate of drug-likeness (QED) is 0.466. The van der Waals surface area contributed by atoms with E-state index in [1.165, 1.54) is 6.40 Å². The van der Waals surface area contributed by atoms with Crippen molar-refractivity contribution in [2.75, 3.05) is 6.61 Å². The monoisotopic (exact) mass is 203 g/mol. The molecule has 2 aliphatic rings. The van der Waals surface area contributed by atoms with Gasteiger partial charge in [0.1, 0.15) is 12.4 Å². The van der Waals surface area contributed by atoms with Crippen LogP contribution in [0.4, 0.5) is 0 Å². The highest BCUT2D eigenvalue weighted by Gasteiger charge is 2.47. The Morgan fingerprint density at radius 1 is 1.33 bits per heavy atom. The molecule has 0 amide bonds. The zero-order valence-electron chi connectivity index (χ0n) is 7.97. The average Bonchev–Trinajstić information content (AvgIpc) is 2.70. The van der Waals surface area contributed by atoms with Crippen molar-refractivity contribution in [3.05, 3.63) is 29.8 Å². The van der Waals surface area contributed by atoms with Gasteiger partial charge in [0.2, 0.25) is 0 Å². The van der Waals surface area contributed by atoms with Gasteiger partial charge in [0.05, 0.1) is 0 Å². The summed E-state index contributed by atoms with van der Waals surface area (Å²) in [6.45, 7) is 0.278. The largest absolute Gasteiger partial charge is 0.480 e. The maximum atomic E-state index is 11.8. The van der Waals surface area contributed by atoms with Crippen LogP contribution in [0.5, 0.6) is 5.75 Å². The van der Waals surface area contributed by atoms with E-state index in [2.05, 4.69) is 4.99 Å². The van der Waals surface area contributed by atoms with E-state index in [9.17, 15) is 4.79 Å². The Balaban J connectivity index is 2.06. The van der Waals surface area contributed by atoms with Gasteiger partial charge in [0.15, 0.2) is 11.9 Å². The lowest BCUT2D eigenvalue weighted by molar-refractivity contribution is -0.142. The predicted molar refractivity (Wildman–Crippen MR) is 53.0 cm³/mol. The molecule has 3 rings (SSSR count). The Bertz CT molecular complexity index is 455. The van der Waals surface area contributed by atoms with E-state index < -0.39 is 5.54 Å². The van der Waals surface area contributed by atoms with Gasteiger partial charge in [-0.3, -0.25) is 0 Å². The Kier molecular flexibility index (Phi) is 1.59. The lowest BCUT2D eigenvalue weighted by atomic mass is 9.90. The van der Waals surface area contributed by atoms with Crippen LogP contribution in [-0.4, -0.2) is 24.5 Å². The highest BCUT2D eigenvalue weighted by atomic mass is 16.5. The van der Waals surface area contributed by atoms with Gasteiger partial charge >= 0.3 is 5.97 Å². The standard InChI is InChI=1S/C11H9NO3/c13-10-11(6-14-7-12-11)5-8-3-1-2-4-9(8)15-10/h1-4,7H,5-6H2. The van der Waals surface area contributed by atoms with Gasteiger partial charge in [-0.05, 0) is 11.6 Å². The molecule has 0 bridgehead atoms. The zero-order valence-corrected chi connectivity index (χ0v) is 7.97. The fourth-order valence-electron chi connectivity index (χ4n) is 1.89. The van der Waals surface area contributed by atoms with Gasteiger partial charge in [-0.2, -0.15) is 0 Å². The molecule has 2 heterocycles. The molecule has 1 aromatic rings. The number of para-hydroxylation sites is 1. The van der Waals surface area contributed by atoms with Crippen LogP contribution in [0.2, 0.25) is 0 Å². The first-order valence-corrected chi connectivity index (χ1v) is 4.76. The molecule has 1 atom stereocenters. The molecule has 0 aliphatic carbocycles. The normalized spacial score (nSPS) is 27.3. The molecule has 0 fully saturated rings. The number of ether oxygens (including phenoxy) is 2. The third-order valence-electron chi connectivity index (χ3n) is 2.73. The van der Waals surface area contributed by atoms with Gasteiger partial charge in [-0.15, -0.1) is 0 Å². The van der Waals surface area contributed by atoms with E-state index in [-0.39, 0.29) is 12.6 Å². The minimum atomic E-state index is -0.839. The van der Waals surface area contributed by atoms with Crippen LogP contribution in [-0.2, 0) is 16.0 Å². The van der Waals surface area contributed by atoms with Crippen LogP contribution in [0, 0.1) is 0 Å². The summed E-state index contributed by atoms with van der Waals surface area (Å²) in [6, 6.07) is 7.50. The first kappa shape index (κ1) is 8.47. The maximum Gasteiger partial charge on any atom is 0.343 e. The number of hydrogen-bond acceptors (Lipinski definition) is 4. The van der Waals surface area contributed by atoms with Crippen LogP contribution in [0.15, 0.2) is 29.3 Å². The van der Waals surface area contributed by atoms with Crippen molar-refractivity contribution in [3.63, 3.8) is 0 Å². The van der Waals surface area contributed by atoms with Crippen LogP contribution in [0.25, 0.3) is 0 Å². The van der Waals surface area contributed by atoms with E-state index in [1.807, 2.05) is 18.2 Å². The zero-order chi connectivity index (χ0) is 10.3. The molecular formula is C11H9NO3. The lowest BCUT2D eigenvalue weighted by Crippen LogP contribution is -2.46. The summed E-state index contributed by atoms with van der Waals surface area (Å²) in [4.78, 5) is 15.8. The molecule has 76 valence electrons. The number of carbonyl (C=O) groups is 1. The molecule has 0 saturated carbocycles. The number of esters is 1. The lowest BCUT2D eigenvalue weighted by Gasteiger charge is -2.28. The third kappa shape index (κ3) is 1.14. The first-order chi connectivity index (χ1) is 7.30. The number of fused-ring (bicyclic) bond motifs is 1. The van der Waals surface area contributed by atoms with Crippen molar-refractivity contribution < 1.29 is 14.3 Å². The van der Waals surface area contributed by atoms with Gasteiger partial charge in [0, 0.05) is 6.42 Å². The van der Waals surface area contributed by atoms with Gasteiger partial charge in [-0.1, -0.05) is 18.2 Å². The molecule has 15 heavy (non-hydrogen) atoms. The number of hydrogen-bond donors (Lipinski definition) is 0. The van der Waals surface area contributed by atoms with Gasteiger partial charge < -0.3 is 9.47 Å². The number of nitrogens with zero attached hydrogens (tertiary/aromatic N) is 1. The number of benzene rings is 1. The summed E-state index contributed by atoms with van der Waals surface area (Å²) in [5, 5.41) is 0. The van der Waals surface area contributed by atoms with Crippen LogP contribution >= 0.6 is 0 Å². The van der Waals surface area contributed by atoms with E-state index in [4.69, 9.17) is 9.47 Å². The highest BCUT2D eigenvalue weighted by molar-refractivity contribution is 5.88. The Labute approximate surface area is 86.5 Å². The van der Waals surface area contributed by atoms with Crippen molar-refractivity contribution in [3.8, 4) is 5.75 Å². The van der Waals surface area contributed by atoms with E-state index in [0.717, 1.165) is 5.56 Å². The first-order valence-electron chi connectivity index (χ1n) is 4.76. The minimum Gasteiger partial charge on any atom is -0.480 e. The molecule has 4 heteroatoms. The van der Waals surface area contributed by atoms with Crippen molar-refractivity contribution >= 4 is 12.4 Å². The maximum absolute atomic E-state index is 11.8. The van der Waals surface area contributed by atoms with Crippen LogP contribution in [0.3, 0.4) is 0 Å². The molecule has 0 aromatic heterocycles. The second kappa shape index (κ2) is 2.82. The highest BCUT2D eigenvalue weighted by Crippen LogP contribution is 2.33. The van der Waals surface area contributed by atoms with E-state index in [1.54, 1.807) is 6.07 Å². The Morgan fingerprint density at radius 2 is 2.20 bits per heavy atom. The molecule has 2 aliphatic heterocycles. The fourth-order valence-corrected chi connectivity index (χ4v) is 1.89. The smallest absolute Gasteiger partial charge is 0.343 e. The second-order valence-corrected chi connectivity index (χ2v) is 3.75. The van der Waals surface area contributed by atoms with Crippen molar-refractivity contribution in [1.82, 2.24) is 0 Å². The molecular weight excluding hydrogens is 194 g/mol. The topological polar surface area (TPSA) is 47.9 Å². The van der Waals surface area contributed by atoms with Crippen molar-refractivity contribution in [1.29, 1.82) is 0 Å². The van der Waals surface area contributed by atoms with E-state index in [0.29, 0.717) is 12.2 Å². The summed E-state index contributed by atoms with van der Waals surface area (Å²) >= 11 is 0. The summed E-state index contributed by atoms with van der Waals surface area (Å²) < 4.78 is 10.3. The molecule has 0 radical (unpaired) electrons. The van der Waals surface area contributed by atoms with Crippen molar-refractivity contribution in [2.45, 2.75) is 12.0 Å². The summed E-state index contributed by atoms with van der Waals surface area (Å²) in [7, 11) is 0. The van der Waals surface area contributed by atoms with E-state index >= 15 is 0 Å². The second-order valence-electron chi connectivity index (χ2n) is 3.75. The summed E-state index contributed by atoms with van der Waals surface area (Å²) in [5.74, 6) is 0.310. The van der Waals surface area contributed by atoms with Crippen molar-refractivity contribution in [2.24, 2.45) is 4.99 Å². The fraction of sp³-hybridized carbons (Fsp3) is 0.273. The predicted octanol–water partition coefficient (Wildman–Crippen LogP) is 0.945. The van der Waals surface area contributed by atoms with Gasteiger partial charge in [0.25, 0.3) is 0 Å². The summed E-state index contributed by atoms with van der Waals surface area (Å²) in [6.07, 6.45) is 1.88. The number of aliphatic imine (C=N–C) groups is 1. The Hall–Kier alpha value is -1.84. The Morgan fingerprint density at radius 3 is 3.00 bits per heavy atom. The number of rotatable bonds is 0. The minimum absolute atomic E-state index is 0.278. The summed E-state index contributed by atoms with van der Waals surface area (Å²) in [5.41, 5.74) is 0.161. The third-order valence-corrected chi connectivity index (χ3v) is 2.73. The SMILES string of the molecule is O=C1Oc2ccccc2CC12COC=N2. The molecule has 0 saturated heterocycles. The molecule has 1 unspecified atom stereocenters.